The maximum absolute atomic E-state index is 2.68. The summed E-state index contributed by atoms with van der Waals surface area (Å²) in [5, 5.41) is 0. The Balaban J connectivity index is 1.75. The Morgan fingerprint density at radius 2 is 1.67 bits per heavy atom. The standard InChI is InChI=1S/C9H17IN2/c1-8-6-9(7-8)11-2-4-12(10)5-3-11/h8-9H,2-7H2,1H3/t8-,9-. The van der Waals surface area contributed by atoms with Crippen molar-refractivity contribution in [2.24, 2.45) is 5.92 Å². The van der Waals surface area contributed by atoms with E-state index in [1.165, 1.54) is 39.0 Å². The molecule has 0 aromatic carbocycles. The minimum Gasteiger partial charge on any atom is -0.298 e. The summed E-state index contributed by atoms with van der Waals surface area (Å²) in [6.07, 6.45) is 2.89. The van der Waals surface area contributed by atoms with Gasteiger partial charge in [0, 0.05) is 55.1 Å². The summed E-state index contributed by atoms with van der Waals surface area (Å²) in [6.45, 7) is 7.46. The summed E-state index contributed by atoms with van der Waals surface area (Å²) in [7, 11) is 0. The first-order chi connectivity index (χ1) is 5.75. The summed E-state index contributed by atoms with van der Waals surface area (Å²) in [5.74, 6) is 0.993. The van der Waals surface area contributed by atoms with Crippen LogP contribution in [0.1, 0.15) is 19.8 Å². The third kappa shape index (κ3) is 1.93. The van der Waals surface area contributed by atoms with Crippen molar-refractivity contribution < 1.29 is 0 Å². The highest BCUT2D eigenvalue weighted by Gasteiger charge is 2.31. The van der Waals surface area contributed by atoms with E-state index in [0.29, 0.717) is 0 Å². The van der Waals surface area contributed by atoms with Gasteiger partial charge in [0.05, 0.1) is 0 Å². The van der Waals surface area contributed by atoms with Crippen LogP contribution in [-0.2, 0) is 0 Å². The molecule has 2 nitrogen and oxygen atoms in total. The maximum atomic E-state index is 2.68. The highest BCUT2D eigenvalue weighted by Crippen LogP contribution is 2.31. The van der Waals surface area contributed by atoms with Gasteiger partial charge in [0.2, 0.25) is 0 Å². The van der Waals surface area contributed by atoms with E-state index in [9.17, 15) is 0 Å². The smallest absolute Gasteiger partial charge is 0.0209 e. The van der Waals surface area contributed by atoms with Crippen LogP contribution in [0, 0.1) is 5.92 Å². The highest BCUT2D eigenvalue weighted by atomic mass is 127. The van der Waals surface area contributed by atoms with Crippen LogP contribution in [0.5, 0.6) is 0 Å². The van der Waals surface area contributed by atoms with Crippen molar-refractivity contribution in [2.75, 3.05) is 26.2 Å². The molecule has 0 spiro atoms. The lowest BCUT2D eigenvalue weighted by atomic mass is 9.80. The molecule has 0 N–H and O–H groups in total. The van der Waals surface area contributed by atoms with Crippen LogP contribution < -0.4 is 0 Å². The zero-order valence-electron chi connectivity index (χ0n) is 7.67. The second-order valence-corrected chi connectivity index (χ2v) is 5.54. The lowest BCUT2D eigenvalue weighted by Gasteiger charge is -2.44. The van der Waals surface area contributed by atoms with Gasteiger partial charge >= 0.3 is 0 Å². The maximum Gasteiger partial charge on any atom is 0.0209 e. The molecule has 70 valence electrons. The molecule has 12 heavy (non-hydrogen) atoms. The third-order valence-corrected chi connectivity index (χ3v) is 4.09. The van der Waals surface area contributed by atoms with Crippen molar-refractivity contribution in [3.8, 4) is 0 Å². The lowest BCUT2D eigenvalue weighted by Crippen LogP contribution is -2.51. The molecule has 0 atom stereocenters. The van der Waals surface area contributed by atoms with E-state index >= 15 is 0 Å². The largest absolute Gasteiger partial charge is 0.298 e. The van der Waals surface area contributed by atoms with Gasteiger partial charge in [0.15, 0.2) is 0 Å². The Morgan fingerprint density at radius 3 is 2.17 bits per heavy atom. The molecule has 1 heterocycles. The summed E-state index contributed by atoms with van der Waals surface area (Å²) >= 11 is 2.43. The van der Waals surface area contributed by atoms with Gasteiger partial charge in [0.1, 0.15) is 0 Å². The van der Waals surface area contributed by atoms with Crippen molar-refractivity contribution >= 4 is 22.9 Å². The first-order valence-corrected chi connectivity index (χ1v) is 5.87. The van der Waals surface area contributed by atoms with E-state index in [-0.39, 0.29) is 0 Å². The van der Waals surface area contributed by atoms with E-state index in [1.54, 1.807) is 0 Å². The molecule has 0 radical (unpaired) electrons. The van der Waals surface area contributed by atoms with Crippen molar-refractivity contribution in [1.29, 1.82) is 0 Å². The summed E-state index contributed by atoms with van der Waals surface area (Å²) < 4.78 is 2.40. The van der Waals surface area contributed by atoms with Gasteiger partial charge < -0.3 is 0 Å². The molecule has 1 saturated carbocycles. The first kappa shape index (κ1) is 9.21. The highest BCUT2D eigenvalue weighted by molar-refractivity contribution is 14.1. The number of nitrogens with zero attached hydrogens (tertiary/aromatic N) is 2. The molecule has 0 bridgehead atoms. The van der Waals surface area contributed by atoms with E-state index in [2.05, 4.69) is 37.8 Å². The quantitative estimate of drug-likeness (QED) is 0.533. The number of hydrogen-bond acceptors (Lipinski definition) is 2. The molecule has 1 saturated heterocycles. The molecule has 2 rings (SSSR count). The average Bonchev–Trinajstić information content (AvgIpc) is 2.01. The zero-order chi connectivity index (χ0) is 8.55. The molecule has 2 aliphatic rings. The van der Waals surface area contributed by atoms with Gasteiger partial charge in [-0.1, -0.05) is 6.92 Å². The third-order valence-electron chi connectivity index (χ3n) is 3.12. The Bertz CT molecular complexity index is 149. The zero-order valence-corrected chi connectivity index (χ0v) is 9.83. The Hall–Kier alpha value is 0.650. The van der Waals surface area contributed by atoms with Gasteiger partial charge in [-0.15, -0.1) is 0 Å². The van der Waals surface area contributed by atoms with Crippen LogP contribution in [0.2, 0.25) is 0 Å². The van der Waals surface area contributed by atoms with E-state index in [4.69, 9.17) is 0 Å². The predicted molar refractivity (Wildman–Crippen MR) is 59.4 cm³/mol. The molecule has 0 unspecified atom stereocenters. The van der Waals surface area contributed by atoms with Crippen molar-refractivity contribution in [1.82, 2.24) is 8.01 Å². The molecule has 3 heteroatoms. The van der Waals surface area contributed by atoms with Crippen LogP contribution in [0.15, 0.2) is 0 Å². The SMILES string of the molecule is C[C@H]1C[C@H](N2CCN(I)CC2)C1. The fourth-order valence-electron chi connectivity index (χ4n) is 2.22. The molecule has 0 aromatic rings. The first-order valence-electron chi connectivity index (χ1n) is 4.90. The topological polar surface area (TPSA) is 6.48 Å². The average molecular weight is 280 g/mol. The molecular formula is C9H17IN2. The summed E-state index contributed by atoms with van der Waals surface area (Å²) in [4.78, 5) is 2.68. The molecule has 2 fully saturated rings. The summed E-state index contributed by atoms with van der Waals surface area (Å²) in [6, 6.07) is 0.935. The van der Waals surface area contributed by atoms with Crippen LogP contribution >= 0.6 is 22.9 Å². The van der Waals surface area contributed by atoms with Gasteiger partial charge in [-0.3, -0.25) is 4.90 Å². The van der Waals surface area contributed by atoms with Gasteiger partial charge in [0.25, 0.3) is 0 Å². The van der Waals surface area contributed by atoms with E-state index < -0.39 is 0 Å². The minimum atomic E-state index is 0.935. The van der Waals surface area contributed by atoms with Crippen LogP contribution in [0.25, 0.3) is 0 Å². The van der Waals surface area contributed by atoms with E-state index in [1.807, 2.05) is 0 Å². The predicted octanol–water partition coefficient (Wildman–Crippen LogP) is 1.75. The van der Waals surface area contributed by atoms with Crippen LogP contribution in [0.4, 0.5) is 0 Å². The number of halogens is 1. The molecule has 0 aromatic heterocycles. The number of rotatable bonds is 1. The second-order valence-electron chi connectivity index (χ2n) is 4.18. The Morgan fingerprint density at radius 1 is 1.08 bits per heavy atom. The van der Waals surface area contributed by atoms with Crippen molar-refractivity contribution in [2.45, 2.75) is 25.8 Å². The number of hydrogen-bond donors (Lipinski definition) is 0. The molecule has 0 amide bonds. The summed E-state index contributed by atoms with van der Waals surface area (Å²) in [5.41, 5.74) is 0. The van der Waals surface area contributed by atoms with Crippen molar-refractivity contribution in [3.05, 3.63) is 0 Å². The van der Waals surface area contributed by atoms with Gasteiger partial charge in [-0.25, -0.2) is 3.11 Å². The Labute approximate surface area is 88.8 Å². The molecule has 1 aliphatic carbocycles. The molecule has 1 aliphatic heterocycles. The van der Waals surface area contributed by atoms with Gasteiger partial charge in [-0.05, 0) is 18.8 Å². The second kappa shape index (κ2) is 3.80. The van der Waals surface area contributed by atoms with Gasteiger partial charge in [-0.2, -0.15) is 0 Å². The minimum absolute atomic E-state index is 0.935. The fraction of sp³-hybridized carbons (Fsp3) is 1.00. The fourth-order valence-corrected chi connectivity index (χ4v) is 2.65. The number of piperazine rings is 1. The molecular weight excluding hydrogens is 263 g/mol. The lowest BCUT2D eigenvalue weighted by molar-refractivity contribution is 0.0635. The Kier molecular flexibility index (Phi) is 2.92. The van der Waals surface area contributed by atoms with Crippen molar-refractivity contribution in [3.63, 3.8) is 0 Å². The normalized spacial score (nSPS) is 39.5. The monoisotopic (exact) mass is 280 g/mol. The van der Waals surface area contributed by atoms with E-state index in [0.717, 1.165) is 12.0 Å². The van der Waals surface area contributed by atoms with Crippen LogP contribution in [0.3, 0.4) is 0 Å². The van der Waals surface area contributed by atoms with Crippen LogP contribution in [-0.4, -0.2) is 40.2 Å².